The number of likely N-dealkylation sites (tertiary alicyclic amines) is 1. The van der Waals surface area contributed by atoms with Crippen LogP contribution in [0.2, 0.25) is 0 Å². The van der Waals surface area contributed by atoms with Crippen molar-refractivity contribution in [3.8, 4) is 11.4 Å². The molecular weight excluding hydrogens is 441 g/mol. The van der Waals surface area contributed by atoms with Gasteiger partial charge in [0.05, 0.1) is 6.54 Å². The molecule has 0 N–H and O–H groups in total. The lowest BCUT2D eigenvalue weighted by molar-refractivity contribution is 0.0840. The molecule has 0 bridgehead atoms. The normalized spacial score (nSPS) is 15.7. The fraction of sp³-hybridized carbons (Fsp3) is 0.556. The second-order valence-electron chi connectivity index (χ2n) is 7.04. The van der Waals surface area contributed by atoms with Crippen molar-refractivity contribution in [2.45, 2.75) is 23.2 Å². The van der Waals surface area contributed by atoms with Gasteiger partial charge < -0.3 is 14.2 Å². The average Bonchev–Trinajstić information content (AvgIpc) is 3.15. The van der Waals surface area contributed by atoms with Crippen LogP contribution in [-0.2, 0) is 11.3 Å². The Morgan fingerprint density at radius 1 is 1.31 bits per heavy atom. The van der Waals surface area contributed by atoms with Gasteiger partial charge in [0.2, 0.25) is 15.5 Å². The molecule has 0 saturated carbocycles. The second-order valence-corrected chi connectivity index (χ2v) is 9.56. The number of aromatic nitrogens is 3. The Labute approximate surface area is 184 Å². The Bertz CT molecular complexity index is 792. The molecular formula is C18H22Cl3N5O3. The molecule has 8 nitrogen and oxygen atoms in total. The van der Waals surface area contributed by atoms with E-state index in [1.54, 1.807) is 17.3 Å². The second kappa shape index (κ2) is 9.93. The predicted molar refractivity (Wildman–Crippen MR) is 110 cm³/mol. The lowest BCUT2D eigenvalue weighted by Gasteiger charge is -2.33. The summed E-state index contributed by atoms with van der Waals surface area (Å²) in [4.78, 5) is 24.2. The lowest BCUT2D eigenvalue weighted by atomic mass is 9.96. The van der Waals surface area contributed by atoms with Gasteiger partial charge in [-0.1, -0.05) is 40.0 Å². The Morgan fingerprint density at radius 3 is 2.66 bits per heavy atom. The number of alkyl halides is 3. The van der Waals surface area contributed by atoms with Crippen molar-refractivity contribution < 1.29 is 14.1 Å². The number of amides is 1. The Kier molecular flexibility index (Phi) is 7.56. The smallest absolute Gasteiger partial charge is 0.409 e. The number of nitrogens with zero attached hydrogens (tertiary/aromatic N) is 5. The summed E-state index contributed by atoms with van der Waals surface area (Å²) in [6, 6.07) is 3.68. The number of halogens is 3. The van der Waals surface area contributed by atoms with Crippen LogP contribution in [0.4, 0.5) is 4.79 Å². The number of rotatable bonds is 6. The average molecular weight is 463 g/mol. The molecule has 1 amide bonds. The minimum atomic E-state index is -1.59. The first-order valence-electron chi connectivity index (χ1n) is 9.20. The van der Waals surface area contributed by atoms with Crippen LogP contribution in [-0.4, -0.2) is 68.1 Å². The van der Waals surface area contributed by atoms with Gasteiger partial charge in [0.15, 0.2) is 0 Å². The molecule has 2 aromatic rings. The minimum Gasteiger partial charge on any atom is -0.445 e. The first kappa shape index (κ1) is 22.1. The van der Waals surface area contributed by atoms with E-state index in [1.165, 1.54) is 0 Å². The van der Waals surface area contributed by atoms with E-state index in [0.717, 1.165) is 24.9 Å². The molecule has 0 unspecified atom stereocenters. The Morgan fingerprint density at radius 2 is 2.00 bits per heavy atom. The SMILES string of the molecule is CN(Cc1nc(-c2ccncc2)no1)CC1CCN(C(=O)OCC(Cl)(Cl)Cl)CC1. The predicted octanol–water partition coefficient (Wildman–Crippen LogP) is 3.78. The number of hydrogen-bond donors (Lipinski definition) is 0. The van der Waals surface area contributed by atoms with Gasteiger partial charge in [0, 0.05) is 37.6 Å². The van der Waals surface area contributed by atoms with Crippen LogP contribution in [0.1, 0.15) is 18.7 Å². The van der Waals surface area contributed by atoms with Crippen molar-refractivity contribution in [2.24, 2.45) is 5.92 Å². The van der Waals surface area contributed by atoms with Crippen LogP contribution in [0.25, 0.3) is 11.4 Å². The van der Waals surface area contributed by atoms with Crippen LogP contribution in [0.15, 0.2) is 29.0 Å². The Hall–Kier alpha value is -1.61. The first-order chi connectivity index (χ1) is 13.8. The van der Waals surface area contributed by atoms with Crippen LogP contribution in [0.5, 0.6) is 0 Å². The van der Waals surface area contributed by atoms with E-state index in [2.05, 4.69) is 20.0 Å². The number of hydrogen-bond acceptors (Lipinski definition) is 7. The zero-order chi connectivity index (χ0) is 20.9. The van der Waals surface area contributed by atoms with Gasteiger partial charge in [-0.05, 0) is 37.9 Å². The van der Waals surface area contributed by atoms with Gasteiger partial charge >= 0.3 is 6.09 Å². The molecule has 0 radical (unpaired) electrons. The summed E-state index contributed by atoms with van der Waals surface area (Å²) in [5.41, 5.74) is 0.867. The largest absolute Gasteiger partial charge is 0.445 e. The van der Waals surface area contributed by atoms with Gasteiger partial charge in [-0.3, -0.25) is 9.88 Å². The third kappa shape index (κ3) is 6.99. The van der Waals surface area contributed by atoms with Crippen molar-refractivity contribution in [2.75, 3.05) is 33.3 Å². The van der Waals surface area contributed by atoms with Crippen LogP contribution >= 0.6 is 34.8 Å². The summed E-state index contributed by atoms with van der Waals surface area (Å²) < 4.78 is 8.79. The van der Waals surface area contributed by atoms with Gasteiger partial charge in [0.25, 0.3) is 0 Å². The molecule has 0 spiro atoms. The summed E-state index contributed by atoms with van der Waals surface area (Å²) >= 11 is 16.8. The summed E-state index contributed by atoms with van der Waals surface area (Å²) in [5.74, 6) is 1.57. The standard InChI is InChI=1S/C18H22Cl3N5O3/c1-25(11-15-23-16(24-29-15)14-2-6-22-7-3-14)10-13-4-8-26(9-5-13)17(27)28-12-18(19,20)21/h2-3,6-7,13H,4-5,8-12H2,1H3. The topological polar surface area (TPSA) is 84.6 Å². The fourth-order valence-electron chi connectivity index (χ4n) is 3.21. The first-order valence-corrected chi connectivity index (χ1v) is 10.3. The molecule has 1 fully saturated rings. The maximum absolute atomic E-state index is 12.0. The van der Waals surface area contributed by atoms with Gasteiger partial charge in [-0.25, -0.2) is 4.79 Å². The molecule has 11 heteroatoms. The monoisotopic (exact) mass is 461 g/mol. The number of carbonyl (C=O) groups is 1. The summed E-state index contributed by atoms with van der Waals surface area (Å²) in [6.07, 6.45) is 4.69. The zero-order valence-corrected chi connectivity index (χ0v) is 18.2. The van der Waals surface area contributed by atoms with Crippen molar-refractivity contribution in [3.05, 3.63) is 30.4 Å². The number of ether oxygens (including phenoxy) is 1. The van der Waals surface area contributed by atoms with E-state index in [-0.39, 0.29) is 6.61 Å². The maximum atomic E-state index is 12.0. The highest BCUT2D eigenvalue weighted by Gasteiger charge is 2.28. The highest BCUT2D eigenvalue weighted by molar-refractivity contribution is 6.67. The van der Waals surface area contributed by atoms with E-state index in [9.17, 15) is 4.79 Å². The number of piperidine rings is 1. The van der Waals surface area contributed by atoms with Crippen molar-refractivity contribution in [1.29, 1.82) is 0 Å². The highest BCUT2D eigenvalue weighted by atomic mass is 35.6. The van der Waals surface area contributed by atoms with Crippen molar-refractivity contribution >= 4 is 40.9 Å². The number of carbonyl (C=O) groups excluding carboxylic acids is 1. The zero-order valence-electron chi connectivity index (χ0n) is 15.9. The van der Waals surface area contributed by atoms with Crippen molar-refractivity contribution in [3.63, 3.8) is 0 Å². The maximum Gasteiger partial charge on any atom is 0.409 e. The molecule has 1 aliphatic heterocycles. The summed E-state index contributed by atoms with van der Waals surface area (Å²) in [5, 5.41) is 4.02. The van der Waals surface area contributed by atoms with E-state index >= 15 is 0 Å². The number of pyridine rings is 1. The van der Waals surface area contributed by atoms with E-state index < -0.39 is 9.89 Å². The summed E-state index contributed by atoms with van der Waals surface area (Å²) in [7, 11) is 2.01. The third-order valence-corrected chi connectivity index (χ3v) is 4.94. The van der Waals surface area contributed by atoms with E-state index in [0.29, 0.717) is 37.3 Å². The van der Waals surface area contributed by atoms with Crippen LogP contribution in [0.3, 0.4) is 0 Å². The highest BCUT2D eigenvalue weighted by Crippen LogP contribution is 2.27. The van der Waals surface area contributed by atoms with Gasteiger partial charge in [-0.2, -0.15) is 4.98 Å². The minimum absolute atomic E-state index is 0.259. The molecule has 0 aromatic carbocycles. The van der Waals surface area contributed by atoms with Crippen LogP contribution in [0, 0.1) is 5.92 Å². The molecule has 2 aromatic heterocycles. The Balaban J connectivity index is 1.41. The quantitative estimate of drug-likeness (QED) is 0.604. The molecule has 0 aliphatic carbocycles. The molecule has 1 saturated heterocycles. The van der Waals surface area contributed by atoms with Gasteiger partial charge in [0.1, 0.15) is 6.61 Å². The lowest BCUT2D eigenvalue weighted by Crippen LogP contribution is -2.41. The molecule has 3 rings (SSSR count). The third-order valence-electron chi connectivity index (χ3n) is 4.61. The van der Waals surface area contributed by atoms with E-state index in [1.807, 2.05) is 19.2 Å². The fourth-order valence-corrected chi connectivity index (χ4v) is 3.37. The molecule has 1 aliphatic rings. The molecule has 29 heavy (non-hydrogen) atoms. The van der Waals surface area contributed by atoms with Crippen LogP contribution < -0.4 is 0 Å². The molecule has 0 atom stereocenters. The van der Waals surface area contributed by atoms with Gasteiger partial charge in [-0.15, -0.1) is 0 Å². The van der Waals surface area contributed by atoms with Crippen molar-refractivity contribution in [1.82, 2.24) is 24.9 Å². The summed E-state index contributed by atoms with van der Waals surface area (Å²) in [6.45, 7) is 2.40. The molecule has 158 valence electrons. The molecule has 3 heterocycles. The van der Waals surface area contributed by atoms with E-state index in [4.69, 9.17) is 44.1 Å².